The lowest BCUT2D eigenvalue weighted by Crippen LogP contribution is -2.45. The van der Waals surface area contributed by atoms with E-state index < -0.39 is 35.4 Å². The number of benzene rings is 1. The van der Waals surface area contributed by atoms with E-state index in [-0.39, 0.29) is 28.4 Å². The highest BCUT2D eigenvalue weighted by molar-refractivity contribution is 6.62. The van der Waals surface area contributed by atoms with E-state index in [1.54, 1.807) is 18.2 Å². The number of aromatic nitrogens is 1. The molecule has 4 radical (unpaired) electrons. The monoisotopic (exact) mass is 422 g/mol. The zero-order valence-electron chi connectivity index (χ0n) is 17.2. The van der Waals surface area contributed by atoms with Crippen LogP contribution in [0, 0.1) is 5.82 Å². The summed E-state index contributed by atoms with van der Waals surface area (Å²) < 4.78 is 27.0. The number of hydrogen-bond acceptors (Lipinski definition) is 4. The molecule has 1 aromatic heterocycles. The minimum atomic E-state index is -1.67. The minimum Gasteiger partial charge on any atom is -0.399 e. The molecule has 1 amide bonds. The molecule has 3 heterocycles. The summed E-state index contributed by atoms with van der Waals surface area (Å²) in [7, 11) is 11.6. The third-order valence-corrected chi connectivity index (χ3v) is 6.45. The van der Waals surface area contributed by atoms with E-state index >= 15 is 4.39 Å². The van der Waals surface area contributed by atoms with Crippen molar-refractivity contribution in [2.75, 3.05) is 0 Å². The molecule has 4 rings (SSSR count). The van der Waals surface area contributed by atoms with Gasteiger partial charge in [0.1, 0.15) is 5.82 Å². The second-order valence-electron chi connectivity index (χ2n) is 8.67. The molecule has 2 aliphatic rings. The molecule has 150 valence electrons. The van der Waals surface area contributed by atoms with Crippen molar-refractivity contribution in [3.8, 4) is 0 Å². The van der Waals surface area contributed by atoms with Gasteiger partial charge in [-0.3, -0.25) is 9.78 Å². The average Bonchev–Trinajstić information content (AvgIpc) is 2.98. The van der Waals surface area contributed by atoms with Crippen LogP contribution in [-0.4, -0.2) is 49.8 Å². The Morgan fingerprint density at radius 3 is 2.40 bits per heavy atom. The molecule has 0 spiro atoms. The van der Waals surface area contributed by atoms with Gasteiger partial charge in [0, 0.05) is 28.7 Å². The normalized spacial score (nSPS) is 21.2. The zero-order valence-corrected chi connectivity index (χ0v) is 18.0. The maximum Gasteiger partial charge on any atom is 0.494 e. The number of carbonyl (C=O) groups excluding carboxylic acids is 1. The number of rotatable bonds is 3. The Morgan fingerprint density at radius 2 is 1.83 bits per heavy atom. The zero-order chi connectivity index (χ0) is 22.1. The van der Waals surface area contributed by atoms with E-state index in [0.29, 0.717) is 5.46 Å². The molecule has 0 N–H and O–H groups in total. The van der Waals surface area contributed by atoms with Gasteiger partial charge in [0.25, 0.3) is 5.91 Å². The quantitative estimate of drug-likeness (QED) is 0.713. The van der Waals surface area contributed by atoms with E-state index in [2.05, 4.69) is 4.98 Å². The summed E-state index contributed by atoms with van der Waals surface area (Å²) in [6.07, 6.45) is 1.50. The predicted octanol–water partition coefficient (Wildman–Crippen LogP) is 2.28. The molecule has 30 heavy (non-hydrogen) atoms. The lowest BCUT2D eigenvalue weighted by Gasteiger charge is -2.33. The van der Waals surface area contributed by atoms with Crippen LogP contribution in [0.3, 0.4) is 0 Å². The number of fused-ring (bicyclic) bond motifs is 1. The molecule has 0 unspecified atom stereocenters. The van der Waals surface area contributed by atoms with Crippen molar-refractivity contribution in [1.29, 1.82) is 0 Å². The van der Waals surface area contributed by atoms with Crippen LogP contribution in [0.4, 0.5) is 4.39 Å². The first-order chi connectivity index (χ1) is 13.8. The van der Waals surface area contributed by atoms with Gasteiger partial charge in [-0.1, -0.05) is 11.6 Å². The number of amides is 1. The van der Waals surface area contributed by atoms with E-state index in [1.807, 2.05) is 27.7 Å². The lowest BCUT2D eigenvalue weighted by molar-refractivity contribution is 0.00578. The second-order valence-corrected chi connectivity index (χ2v) is 9.07. The predicted molar refractivity (Wildman–Crippen MR) is 114 cm³/mol. The summed E-state index contributed by atoms with van der Waals surface area (Å²) in [6.45, 7) is 7.42. The van der Waals surface area contributed by atoms with Gasteiger partial charge < -0.3 is 14.2 Å². The van der Waals surface area contributed by atoms with Gasteiger partial charge in [-0.05, 0) is 57.4 Å². The van der Waals surface area contributed by atoms with Gasteiger partial charge in [0.15, 0.2) is 0 Å². The van der Waals surface area contributed by atoms with Crippen molar-refractivity contribution in [2.45, 2.75) is 50.8 Å². The van der Waals surface area contributed by atoms with Crippen molar-refractivity contribution in [3.63, 3.8) is 0 Å². The van der Waals surface area contributed by atoms with Crippen LogP contribution < -0.4 is 5.46 Å². The van der Waals surface area contributed by atoms with Crippen LogP contribution in [0.15, 0.2) is 30.5 Å². The highest BCUT2D eigenvalue weighted by atomic mass is 35.5. The fraction of sp³-hybridized carbons (Fsp3) is 0.400. The Labute approximate surface area is 183 Å². The van der Waals surface area contributed by atoms with Crippen LogP contribution in [0.5, 0.6) is 0 Å². The Morgan fingerprint density at radius 1 is 1.20 bits per heavy atom. The van der Waals surface area contributed by atoms with Crippen molar-refractivity contribution >= 4 is 45.8 Å². The van der Waals surface area contributed by atoms with Gasteiger partial charge in [-0.15, -0.1) is 0 Å². The summed E-state index contributed by atoms with van der Waals surface area (Å²) >= 11 is 6.40. The molecule has 0 aliphatic carbocycles. The molecule has 1 saturated heterocycles. The third kappa shape index (κ3) is 3.18. The lowest BCUT2D eigenvalue weighted by atomic mass is 9.59. The topological polar surface area (TPSA) is 51.7 Å². The highest BCUT2D eigenvalue weighted by Gasteiger charge is 2.52. The second kappa shape index (κ2) is 6.84. The van der Waals surface area contributed by atoms with Crippen LogP contribution in [-0.2, 0) is 21.2 Å². The molecular formula is C20H19B3ClFN2O3. The van der Waals surface area contributed by atoms with Crippen LogP contribution >= 0.6 is 11.6 Å². The van der Waals surface area contributed by atoms with Crippen molar-refractivity contribution in [2.24, 2.45) is 0 Å². The first-order valence-electron chi connectivity index (χ1n) is 9.54. The summed E-state index contributed by atoms with van der Waals surface area (Å²) in [5, 5.41) is -1.55. The molecule has 2 aromatic rings. The molecule has 0 bridgehead atoms. The smallest absolute Gasteiger partial charge is 0.399 e. The fourth-order valence-corrected chi connectivity index (χ4v) is 3.86. The van der Waals surface area contributed by atoms with Crippen molar-refractivity contribution < 1.29 is 18.5 Å². The number of hydrogen-bond donors (Lipinski definition) is 0. The number of nitrogens with zero attached hydrogens (tertiary/aromatic N) is 2. The van der Waals surface area contributed by atoms with Crippen molar-refractivity contribution in [1.82, 2.24) is 9.88 Å². The summed E-state index contributed by atoms with van der Waals surface area (Å²) in [4.78, 5) is 18.1. The Balaban J connectivity index is 1.64. The Kier molecular flexibility index (Phi) is 4.88. The first-order valence-corrected chi connectivity index (χ1v) is 9.91. The van der Waals surface area contributed by atoms with Gasteiger partial charge in [-0.2, -0.15) is 0 Å². The van der Waals surface area contributed by atoms with Gasteiger partial charge in [0.2, 0.25) is 0 Å². The molecule has 2 aliphatic heterocycles. The van der Waals surface area contributed by atoms with E-state index in [0.717, 1.165) is 4.90 Å². The standard InChI is InChI=1S/C20H19B3ClFN2O3/c1-18(2)19(3,4)30-23(29-18)11-8-14(24)13(15(25)9-11)10-27-17(28)12-6-5-7-26-16(12)20(27,21)22/h5-9H,10H2,1-4H3. The van der Waals surface area contributed by atoms with E-state index in [9.17, 15) is 4.79 Å². The summed E-state index contributed by atoms with van der Waals surface area (Å²) in [5.74, 6) is -1.05. The Bertz CT molecular complexity index is 1010. The van der Waals surface area contributed by atoms with Crippen molar-refractivity contribution in [3.05, 3.63) is 58.1 Å². The molecule has 0 atom stereocenters. The van der Waals surface area contributed by atoms with E-state index in [1.165, 1.54) is 12.3 Å². The maximum atomic E-state index is 15.1. The van der Waals surface area contributed by atoms with Gasteiger partial charge >= 0.3 is 7.12 Å². The fourth-order valence-electron chi connectivity index (χ4n) is 3.59. The van der Waals surface area contributed by atoms with Crippen LogP contribution in [0.2, 0.25) is 5.02 Å². The number of pyridine rings is 1. The van der Waals surface area contributed by atoms with Gasteiger partial charge in [0.05, 0.1) is 38.2 Å². The SMILES string of the molecule is [B]C1([B])c2ncccc2C(=O)N1Cc1c(F)cc(B2OC(C)(C)C(C)(C)O2)cc1Cl. The highest BCUT2D eigenvalue weighted by Crippen LogP contribution is 2.38. The molecular weight excluding hydrogens is 403 g/mol. The summed E-state index contributed by atoms with van der Waals surface area (Å²) in [5.41, 5.74) is -0.0757. The molecule has 1 fully saturated rings. The first kappa shape index (κ1) is 21.4. The minimum absolute atomic E-state index is 0.0957. The maximum absolute atomic E-state index is 15.1. The third-order valence-electron chi connectivity index (χ3n) is 6.11. The number of carbonyl (C=O) groups is 1. The van der Waals surface area contributed by atoms with Crippen LogP contribution in [0.1, 0.15) is 49.3 Å². The molecule has 5 nitrogen and oxygen atoms in total. The average molecular weight is 422 g/mol. The summed E-state index contributed by atoms with van der Waals surface area (Å²) in [6, 6.07) is 6.06. The number of halogens is 2. The largest absolute Gasteiger partial charge is 0.494 e. The van der Waals surface area contributed by atoms with Gasteiger partial charge in [-0.25, -0.2) is 4.39 Å². The Hall–Kier alpha value is -1.83. The molecule has 1 aromatic carbocycles. The molecule has 10 heteroatoms. The molecule has 0 saturated carbocycles. The van der Waals surface area contributed by atoms with Crippen LogP contribution in [0.25, 0.3) is 0 Å². The van der Waals surface area contributed by atoms with E-state index in [4.69, 9.17) is 36.6 Å².